The molecule has 0 saturated heterocycles. The first-order valence-electron chi connectivity index (χ1n) is 22.4. The van der Waals surface area contributed by atoms with Crippen molar-refractivity contribution in [2.45, 2.75) is 101 Å². The molecule has 0 bridgehead atoms. The van der Waals surface area contributed by atoms with E-state index in [1.54, 1.807) is 149 Å². The molecule has 360 valence electrons. The minimum absolute atomic E-state index is 0.0238. The average molecular weight is 959 g/mol. The third kappa shape index (κ3) is 13.3. The van der Waals surface area contributed by atoms with Crippen LogP contribution in [0.2, 0.25) is 0 Å². The Morgan fingerprint density at radius 2 is 1.06 bits per heavy atom. The molecule has 0 radical (unpaired) electrons. The van der Waals surface area contributed by atoms with E-state index in [4.69, 9.17) is 18.5 Å². The predicted molar refractivity (Wildman–Crippen MR) is 261 cm³/mol. The SMILES string of the molecule is CCOP(=O)(C(=O)c1c(C)cc(C)c(CC(=O)C(=O)NCC(C)OCC(C)OCC(C)CC(=O)C(=O)Nc2c(C)cc(C)c(C(=O)P(=O)(OCC)c3ccccc3)c2C)c1C)c1ccccc1. The molecule has 0 aliphatic carbocycles. The van der Waals surface area contributed by atoms with Gasteiger partial charge in [-0.1, -0.05) is 55.5 Å². The number of hydrogen-bond acceptors (Lipinski definition) is 12. The molecule has 0 fully saturated rings. The number of benzene rings is 4. The lowest BCUT2D eigenvalue weighted by atomic mass is 9.91. The molecule has 2 N–H and O–H groups in total. The Morgan fingerprint density at radius 3 is 1.57 bits per heavy atom. The predicted octanol–water partition coefficient (Wildman–Crippen LogP) is 8.37. The van der Waals surface area contributed by atoms with Gasteiger partial charge in [0.25, 0.3) is 22.9 Å². The van der Waals surface area contributed by atoms with Crippen LogP contribution >= 0.6 is 14.7 Å². The minimum atomic E-state index is -4.00. The molecular formula is C51H64N2O12P2. The summed E-state index contributed by atoms with van der Waals surface area (Å²) in [6.45, 7) is 19.3. The van der Waals surface area contributed by atoms with Crippen LogP contribution in [-0.4, -0.2) is 79.6 Å². The van der Waals surface area contributed by atoms with Crippen molar-refractivity contribution in [1.82, 2.24) is 5.32 Å². The van der Waals surface area contributed by atoms with E-state index in [1.165, 1.54) is 0 Å². The number of nitrogens with one attached hydrogen (secondary N) is 2. The van der Waals surface area contributed by atoms with E-state index in [2.05, 4.69) is 10.6 Å². The summed E-state index contributed by atoms with van der Waals surface area (Å²) in [5.74, 6) is -3.44. The molecule has 4 aromatic rings. The van der Waals surface area contributed by atoms with Crippen molar-refractivity contribution < 1.29 is 56.4 Å². The lowest BCUT2D eigenvalue weighted by Crippen LogP contribution is -2.38. The second-order valence-electron chi connectivity index (χ2n) is 16.9. The number of ketones is 2. The molecule has 4 aromatic carbocycles. The number of anilines is 1. The zero-order valence-electron chi connectivity index (χ0n) is 40.4. The molecule has 0 spiro atoms. The zero-order chi connectivity index (χ0) is 49.8. The number of carbonyl (C=O) groups is 6. The smallest absolute Gasteiger partial charge is 0.300 e. The number of amides is 2. The van der Waals surface area contributed by atoms with E-state index in [-0.39, 0.29) is 79.2 Å². The van der Waals surface area contributed by atoms with Gasteiger partial charge in [0.05, 0.1) is 38.6 Å². The minimum Gasteiger partial charge on any atom is -0.376 e. The summed E-state index contributed by atoms with van der Waals surface area (Å²) >= 11 is 0. The van der Waals surface area contributed by atoms with E-state index in [1.807, 2.05) is 0 Å². The Kier molecular flexibility index (Phi) is 19.6. The largest absolute Gasteiger partial charge is 0.376 e. The van der Waals surface area contributed by atoms with Crippen LogP contribution in [0.5, 0.6) is 0 Å². The average Bonchev–Trinajstić information content (AvgIpc) is 3.29. The number of rotatable bonds is 25. The summed E-state index contributed by atoms with van der Waals surface area (Å²) in [4.78, 5) is 80.4. The molecule has 4 rings (SSSR count). The van der Waals surface area contributed by atoms with Crippen molar-refractivity contribution in [3.63, 3.8) is 0 Å². The maximum atomic E-state index is 14.1. The zero-order valence-corrected chi connectivity index (χ0v) is 42.2. The van der Waals surface area contributed by atoms with Crippen molar-refractivity contribution in [2.24, 2.45) is 5.92 Å². The maximum absolute atomic E-state index is 14.1. The van der Waals surface area contributed by atoms with Gasteiger partial charge >= 0.3 is 14.7 Å². The molecule has 2 amide bonds. The van der Waals surface area contributed by atoms with Gasteiger partial charge in [0.2, 0.25) is 11.6 Å². The maximum Gasteiger partial charge on any atom is 0.300 e. The second-order valence-corrected chi connectivity index (χ2v) is 21.4. The van der Waals surface area contributed by atoms with Crippen LogP contribution in [0.25, 0.3) is 0 Å². The van der Waals surface area contributed by atoms with Crippen LogP contribution in [0.4, 0.5) is 5.69 Å². The van der Waals surface area contributed by atoms with Crippen molar-refractivity contribution in [2.75, 3.05) is 38.3 Å². The highest BCUT2D eigenvalue weighted by atomic mass is 31.2. The highest BCUT2D eigenvalue weighted by molar-refractivity contribution is 7.84. The quantitative estimate of drug-likeness (QED) is 0.0476. The van der Waals surface area contributed by atoms with Gasteiger partial charge in [-0.25, -0.2) is 0 Å². The Bertz CT molecular complexity index is 2580. The summed E-state index contributed by atoms with van der Waals surface area (Å²) in [6, 6.07) is 20.0. The normalized spacial score (nSPS) is 14.5. The topological polar surface area (TPSA) is 198 Å². The molecule has 0 aliphatic rings. The van der Waals surface area contributed by atoms with Crippen LogP contribution in [0, 0.1) is 47.5 Å². The van der Waals surface area contributed by atoms with E-state index in [9.17, 15) is 37.9 Å². The Hall–Kier alpha value is -5.20. The van der Waals surface area contributed by atoms with E-state index >= 15 is 0 Å². The number of carbonyl (C=O) groups excluding carboxylic acids is 6. The Morgan fingerprint density at radius 1 is 0.582 bits per heavy atom. The van der Waals surface area contributed by atoms with Crippen molar-refractivity contribution in [3.8, 4) is 0 Å². The summed E-state index contributed by atoms with van der Waals surface area (Å²) in [7, 11) is -7.99. The van der Waals surface area contributed by atoms with Crippen LogP contribution in [0.3, 0.4) is 0 Å². The van der Waals surface area contributed by atoms with Gasteiger partial charge in [0.1, 0.15) is 0 Å². The van der Waals surface area contributed by atoms with Gasteiger partial charge in [0, 0.05) is 46.8 Å². The molecule has 5 unspecified atom stereocenters. The van der Waals surface area contributed by atoms with Gasteiger partial charge in [-0.05, 0) is 138 Å². The summed E-state index contributed by atoms with van der Waals surface area (Å²) in [6.07, 6.45) is -1.33. The van der Waals surface area contributed by atoms with Crippen molar-refractivity contribution in [1.29, 1.82) is 0 Å². The summed E-state index contributed by atoms with van der Waals surface area (Å²) < 4.78 is 51.3. The lowest BCUT2D eigenvalue weighted by Gasteiger charge is -2.22. The van der Waals surface area contributed by atoms with Crippen LogP contribution in [0.15, 0.2) is 72.8 Å². The standard InChI is InChI=1S/C51H64N2O12P2/c1-12-64-66(60,40-20-16-14-17-21-40)50(58)45-33(5)25-32(4)42(38(45)10)27-44(55)48(56)52-28-36(8)63-30-37(9)62-29-31(3)24-43(54)49(57)53-47-35(7)26-34(6)46(39(47)11)51(59)67(61,65-13-2)41-22-18-15-19-23-41/h14-23,25-26,31,36-37H,12-13,24,27-30H2,1-11H3,(H,52,56)(H,53,57). The van der Waals surface area contributed by atoms with Gasteiger partial charge in [-0.15, -0.1) is 0 Å². The van der Waals surface area contributed by atoms with E-state index in [0.29, 0.717) is 38.9 Å². The molecule has 0 saturated carbocycles. The van der Waals surface area contributed by atoms with E-state index < -0.39 is 61.4 Å². The van der Waals surface area contributed by atoms with Gasteiger partial charge < -0.3 is 29.2 Å². The number of hydrogen-bond donors (Lipinski definition) is 2. The molecule has 16 heteroatoms. The van der Waals surface area contributed by atoms with E-state index in [0.717, 1.165) is 0 Å². The van der Waals surface area contributed by atoms with Gasteiger partial charge in [-0.2, -0.15) is 0 Å². The van der Waals surface area contributed by atoms with Gasteiger partial charge in [0.15, 0.2) is 0 Å². The fourth-order valence-electron chi connectivity index (χ4n) is 7.90. The third-order valence-electron chi connectivity index (χ3n) is 11.3. The molecular weight excluding hydrogens is 895 g/mol. The lowest BCUT2D eigenvalue weighted by molar-refractivity contribution is -0.138. The molecule has 5 atom stereocenters. The Balaban J connectivity index is 1.27. The summed E-state index contributed by atoms with van der Waals surface area (Å²) in [5, 5.41) is 5.83. The first-order chi connectivity index (χ1) is 31.6. The number of Topliss-reactive ketones (excluding diaryl/α,β-unsaturated/α-hetero) is 2. The van der Waals surface area contributed by atoms with Crippen molar-refractivity contribution >= 4 is 65.5 Å². The molecule has 0 aliphatic heterocycles. The highest BCUT2D eigenvalue weighted by Gasteiger charge is 2.40. The molecule has 0 aromatic heterocycles. The van der Waals surface area contributed by atoms with Crippen LogP contribution in [-0.2, 0) is 53.3 Å². The first kappa shape index (κ1) is 54.4. The molecule has 0 heterocycles. The fourth-order valence-corrected chi connectivity index (χ4v) is 12.0. The first-order valence-corrected chi connectivity index (χ1v) is 25.6. The summed E-state index contributed by atoms with van der Waals surface area (Å²) in [5.41, 5.74) is 3.06. The molecule has 14 nitrogen and oxygen atoms in total. The monoisotopic (exact) mass is 958 g/mol. The second kappa shape index (κ2) is 24.2. The van der Waals surface area contributed by atoms with Crippen LogP contribution < -0.4 is 21.2 Å². The third-order valence-corrected chi connectivity index (χ3v) is 16.0. The Labute approximate surface area is 394 Å². The molecule has 67 heavy (non-hydrogen) atoms. The van der Waals surface area contributed by atoms with Gasteiger partial charge in [-0.3, -0.25) is 37.9 Å². The highest BCUT2D eigenvalue weighted by Crippen LogP contribution is 2.51. The number of aryl methyl sites for hydroxylation is 4. The fraction of sp³-hybridized carbons (Fsp3) is 0.412. The number of ether oxygens (including phenoxy) is 2. The van der Waals surface area contributed by atoms with Crippen molar-refractivity contribution in [3.05, 3.63) is 123 Å². The van der Waals surface area contributed by atoms with Crippen LogP contribution in [0.1, 0.15) is 101 Å².